The van der Waals surface area contributed by atoms with Crippen molar-refractivity contribution in [2.75, 3.05) is 0 Å². The quantitative estimate of drug-likeness (QED) is 0.717. The second-order valence-corrected chi connectivity index (χ2v) is 6.29. The predicted molar refractivity (Wildman–Crippen MR) is 58.9 cm³/mol. The van der Waals surface area contributed by atoms with Gasteiger partial charge in [-0.05, 0) is 68.1 Å². The lowest BCUT2D eigenvalue weighted by Gasteiger charge is -2.59. The summed E-state index contributed by atoms with van der Waals surface area (Å²) >= 11 is 0. The zero-order chi connectivity index (χ0) is 9.76. The molecule has 4 bridgehead atoms. The van der Waals surface area contributed by atoms with Crippen LogP contribution in [0.3, 0.4) is 0 Å². The molecule has 4 aliphatic carbocycles. The van der Waals surface area contributed by atoms with Gasteiger partial charge in [0, 0.05) is 6.04 Å². The van der Waals surface area contributed by atoms with Crippen LogP contribution in [0.1, 0.15) is 51.9 Å². The average molecular weight is 193 g/mol. The summed E-state index contributed by atoms with van der Waals surface area (Å²) < 4.78 is 0. The minimum atomic E-state index is 0.496. The van der Waals surface area contributed by atoms with Crippen molar-refractivity contribution in [1.29, 1.82) is 0 Å². The molecule has 4 rings (SSSR count). The SMILES string of the molecule is CCC(N)C12CC3CC(CC(C3)C1)C2. The van der Waals surface area contributed by atoms with Gasteiger partial charge in [-0.15, -0.1) is 0 Å². The summed E-state index contributed by atoms with van der Waals surface area (Å²) in [5.41, 5.74) is 6.96. The molecule has 0 aromatic carbocycles. The first-order chi connectivity index (χ1) is 6.72. The van der Waals surface area contributed by atoms with Gasteiger partial charge in [0.2, 0.25) is 0 Å². The van der Waals surface area contributed by atoms with Gasteiger partial charge in [0.05, 0.1) is 0 Å². The summed E-state index contributed by atoms with van der Waals surface area (Å²) in [5.74, 6) is 3.16. The molecule has 1 nitrogen and oxygen atoms in total. The number of hydrogen-bond donors (Lipinski definition) is 1. The van der Waals surface area contributed by atoms with E-state index < -0.39 is 0 Å². The van der Waals surface area contributed by atoms with Gasteiger partial charge < -0.3 is 5.73 Å². The number of nitrogens with two attached hydrogens (primary N) is 1. The lowest BCUT2D eigenvalue weighted by atomic mass is 9.47. The van der Waals surface area contributed by atoms with Crippen LogP contribution in [0, 0.1) is 23.2 Å². The van der Waals surface area contributed by atoms with Crippen LogP contribution in [0.4, 0.5) is 0 Å². The van der Waals surface area contributed by atoms with Gasteiger partial charge in [0.1, 0.15) is 0 Å². The Balaban J connectivity index is 1.87. The molecule has 4 saturated carbocycles. The Morgan fingerprint density at radius 2 is 1.50 bits per heavy atom. The average Bonchev–Trinajstić information content (AvgIpc) is 2.14. The van der Waals surface area contributed by atoms with Gasteiger partial charge in [-0.1, -0.05) is 6.92 Å². The molecule has 2 N–H and O–H groups in total. The summed E-state index contributed by atoms with van der Waals surface area (Å²) in [5, 5.41) is 0. The van der Waals surface area contributed by atoms with Crippen LogP contribution in [0.15, 0.2) is 0 Å². The molecule has 0 saturated heterocycles. The highest BCUT2D eigenvalue weighted by Gasteiger charge is 2.52. The smallest absolute Gasteiger partial charge is 0.00932 e. The van der Waals surface area contributed by atoms with Crippen molar-refractivity contribution in [1.82, 2.24) is 0 Å². The molecule has 0 heterocycles. The third-order valence-electron chi connectivity index (χ3n) is 5.31. The van der Waals surface area contributed by atoms with Gasteiger partial charge in [0.15, 0.2) is 0 Å². The van der Waals surface area contributed by atoms with E-state index in [1.807, 2.05) is 0 Å². The fourth-order valence-electron chi connectivity index (χ4n) is 5.06. The lowest BCUT2D eigenvalue weighted by Crippen LogP contribution is -2.54. The molecular weight excluding hydrogens is 170 g/mol. The Labute approximate surface area is 87.4 Å². The molecule has 1 unspecified atom stereocenters. The summed E-state index contributed by atoms with van der Waals surface area (Å²) in [6.07, 6.45) is 10.2. The first kappa shape index (κ1) is 9.21. The van der Waals surface area contributed by atoms with Crippen LogP contribution in [-0.4, -0.2) is 6.04 Å². The molecule has 0 aromatic rings. The molecular formula is C13H23N. The minimum Gasteiger partial charge on any atom is -0.327 e. The molecule has 1 heteroatoms. The summed E-state index contributed by atoms with van der Waals surface area (Å²) in [6.45, 7) is 2.27. The van der Waals surface area contributed by atoms with Crippen molar-refractivity contribution in [2.24, 2.45) is 28.9 Å². The highest BCUT2D eigenvalue weighted by molar-refractivity contribution is 5.05. The van der Waals surface area contributed by atoms with Gasteiger partial charge >= 0.3 is 0 Å². The van der Waals surface area contributed by atoms with Crippen LogP contribution in [0.5, 0.6) is 0 Å². The molecule has 0 aliphatic heterocycles. The summed E-state index contributed by atoms with van der Waals surface area (Å²) in [6, 6.07) is 0.496. The Morgan fingerprint density at radius 1 is 1.07 bits per heavy atom. The maximum Gasteiger partial charge on any atom is 0.00932 e. The van der Waals surface area contributed by atoms with E-state index in [2.05, 4.69) is 6.92 Å². The van der Waals surface area contributed by atoms with Gasteiger partial charge in [0.25, 0.3) is 0 Å². The largest absolute Gasteiger partial charge is 0.327 e. The Bertz CT molecular complexity index is 198. The molecule has 4 aliphatic rings. The molecule has 14 heavy (non-hydrogen) atoms. The van der Waals surface area contributed by atoms with Crippen molar-refractivity contribution in [2.45, 2.75) is 57.9 Å². The fraction of sp³-hybridized carbons (Fsp3) is 1.00. The Hall–Kier alpha value is -0.0400. The highest BCUT2D eigenvalue weighted by atomic mass is 14.7. The third kappa shape index (κ3) is 1.18. The zero-order valence-corrected chi connectivity index (χ0v) is 9.34. The summed E-state index contributed by atoms with van der Waals surface area (Å²) in [7, 11) is 0. The topological polar surface area (TPSA) is 26.0 Å². The van der Waals surface area contributed by atoms with E-state index in [4.69, 9.17) is 5.73 Å². The zero-order valence-electron chi connectivity index (χ0n) is 9.34. The molecule has 80 valence electrons. The first-order valence-electron chi connectivity index (χ1n) is 6.47. The van der Waals surface area contributed by atoms with Crippen molar-refractivity contribution < 1.29 is 0 Å². The predicted octanol–water partition coefficient (Wildman–Crippen LogP) is 2.94. The Morgan fingerprint density at radius 3 is 1.86 bits per heavy atom. The van der Waals surface area contributed by atoms with Crippen LogP contribution in [-0.2, 0) is 0 Å². The van der Waals surface area contributed by atoms with Crippen molar-refractivity contribution >= 4 is 0 Å². The van der Waals surface area contributed by atoms with Crippen molar-refractivity contribution in [3.8, 4) is 0 Å². The lowest BCUT2D eigenvalue weighted by molar-refractivity contribution is -0.0673. The highest BCUT2D eigenvalue weighted by Crippen LogP contribution is 2.61. The summed E-state index contributed by atoms with van der Waals surface area (Å²) in [4.78, 5) is 0. The maximum absolute atomic E-state index is 6.37. The van der Waals surface area contributed by atoms with E-state index in [1.54, 1.807) is 0 Å². The van der Waals surface area contributed by atoms with Gasteiger partial charge in [-0.3, -0.25) is 0 Å². The van der Waals surface area contributed by atoms with E-state index in [0.717, 1.165) is 17.8 Å². The number of rotatable bonds is 2. The number of hydrogen-bond acceptors (Lipinski definition) is 1. The van der Waals surface area contributed by atoms with E-state index in [9.17, 15) is 0 Å². The van der Waals surface area contributed by atoms with Crippen LogP contribution >= 0.6 is 0 Å². The fourth-order valence-corrected chi connectivity index (χ4v) is 5.06. The van der Waals surface area contributed by atoms with Crippen molar-refractivity contribution in [3.63, 3.8) is 0 Å². The first-order valence-corrected chi connectivity index (χ1v) is 6.47. The normalized spacial score (nSPS) is 52.3. The minimum absolute atomic E-state index is 0.496. The van der Waals surface area contributed by atoms with E-state index >= 15 is 0 Å². The molecule has 0 amide bonds. The molecule has 1 atom stereocenters. The Kier molecular flexibility index (Phi) is 1.96. The molecule has 0 spiro atoms. The molecule has 0 radical (unpaired) electrons. The second-order valence-electron chi connectivity index (χ2n) is 6.29. The van der Waals surface area contributed by atoms with E-state index in [-0.39, 0.29) is 0 Å². The second kappa shape index (κ2) is 2.98. The van der Waals surface area contributed by atoms with Crippen LogP contribution in [0.25, 0.3) is 0 Å². The molecule has 0 aromatic heterocycles. The molecule has 4 fully saturated rings. The van der Waals surface area contributed by atoms with E-state index in [0.29, 0.717) is 11.5 Å². The van der Waals surface area contributed by atoms with Crippen LogP contribution in [0.2, 0.25) is 0 Å². The third-order valence-corrected chi connectivity index (χ3v) is 5.31. The van der Waals surface area contributed by atoms with Gasteiger partial charge in [-0.25, -0.2) is 0 Å². The standard InChI is InChI=1S/C13H23N/c1-2-12(14)13-6-9-3-10(7-13)5-11(4-9)8-13/h9-12H,2-8,14H2,1H3. The maximum atomic E-state index is 6.37. The van der Waals surface area contributed by atoms with E-state index in [1.165, 1.54) is 44.9 Å². The van der Waals surface area contributed by atoms with Crippen molar-refractivity contribution in [3.05, 3.63) is 0 Å². The monoisotopic (exact) mass is 193 g/mol. The van der Waals surface area contributed by atoms with Gasteiger partial charge in [-0.2, -0.15) is 0 Å². The van der Waals surface area contributed by atoms with Crippen LogP contribution < -0.4 is 5.73 Å².